The fraction of sp³-hybridized carbons (Fsp3) is 0.235. The van der Waals surface area contributed by atoms with Crippen LogP contribution >= 0.6 is 0 Å². The molecule has 0 aliphatic carbocycles. The Morgan fingerprint density at radius 3 is 2.42 bits per heavy atom. The molecule has 3 N–H and O–H groups in total. The summed E-state index contributed by atoms with van der Waals surface area (Å²) in [6, 6.07) is 13.1. The number of nitrogens with two attached hydrogens (primary N) is 1. The van der Waals surface area contributed by atoms with Crippen LogP contribution in [0.5, 0.6) is 5.75 Å². The van der Waals surface area contributed by atoms with Crippen LogP contribution < -0.4 is 15.2 Å². The minimum Gasteiger partial charge on any atom is -0.481 e. The molecule has 0 radical (unpaired) electrons. The van der Waals surface area contributed by atoms with Crippen LogP contribution in [0.3, 0.4) is 0 Å². The molecule has 128 valence electrons. The summed E-state index contributed by atoms with van der Waals surface area (Å²) in [5, 5.41) is 7.75. The summed E-state index contributed by atoms with van der Waals surface area (Å²) < 4.78 is 28.2. The highest BCUT2D eigenvalue weighted by molar-refractivity contribution is 7.89. The first-order valence-corrected chi connectivity index (χ1v) is 9.01. The van der Waals surface area contributed by atoms with Crippen molar-refractivity contribution in [1.82, 2.24) is 0 Å². The molecule has 2 aromatic carbocycles. The van der Waals surface area contributed by atoms with Crippen LogP contribution in [-0.4, -0.2) is 20.4 Å². The van der Waals surface area contributed by atoms with Crippen molar-refractivity contribution in [1.29, 1.82) is 0 Å². The molecular weight excluding hydrogens is 328 g/mol. The van der Waals surface area contributed by atoms with E-state index < -0.39 is 16.1 Å². The number of amides is 1. The molecule has 0 fully saturated rings. The second-order valence-corrected chi connectivity index (χ2v) is 6.95. The summed E-state index contributed by atoms with van der Waals surface area (Å²) in [6.07, 6.45) is -0.153. The lowest BCUT2D eigenvalue weighted by Gasteiger charge is -2.17. The Balaban J connectivity index is 2.06. The molecule has 0 unspecified atom stereocenters. The standard InChI is InChI=1S/C17H20N2O4S/c1-3-16(23-14-6-4-5-12(2)11-14)17(20)19-13-7-9-15(10-8-13)24(18,21)22/h4-11,16H,3H2,1-2H3,(H,19,20)(H2,18,21,22)/t16-/m0/s1. The third kappa shape index (κ3) is 4.81. The van der Waals surface area contributed by atoms with Gasteiger partial charge in [0.2, 0.25) is 10.0 Å². The van der Waals surface area contributed by atoms with Crippen molar-refractivity contribution in [2.75, 3.05) is 5.32 Å². The number of aryl methyl sites for hydroxylation is 1. The zero-order valence-electron chi connectivity index (χ0n) is 13.5. The summed E-state index contributed by atoms with van der Waals surface area (Å²) in [5.41, 5.74) is 1.51. The van der Waals surface area contributed by atoms with Crippen LogP contribution in [0.25, 0.3) is 0 Å². The predicted molar refractivity (Wildman–Crippen MR) is 92.3 cm³/mol. The number of anilines is 1. The molecule has 1 atom stereocenters. The Kier molecular flexibility index (Phi) is 5.58. The van der Waals surface area contributed by atoms with E-state index in [9.17, 15) is 13.2 Å². The highest BCUT2D eigenvalue weighted by Crippen LogP contribution is 2.17. The van der Waals surface area contributed by atoms with Crippen LogP contribution in [0, 0.1) is 6.92 Å². The van der Waals surface area contributed by atoms with Gasteiger partial charge in [0.25, 0.3) is 5.91 Å². The van der Waals surface area contributed by atoms with Crippen molar-refractivity contribution in [2.24, 2.45) is 5.14 Å². The Morgan fingerprint density at radius 1 is 1.21 bits per heavy atom. The van der Waals surface area contributed by atoms with Crippen LogP contribution in [0.15, 0.2) is 53.4 Å². The molecule has 0 aliphatic heterocycles. The van der Waals surface area contributed by atoms with E-state index in [1.54, 1.807) is 6.07 Å². The molecule has 0 bridgehead atoms. The minimum absolute atomic E-state index is 0.0106. The molecule has 7 heteroatoms. The normalized spacial score (nSPS) is 12.5. The van der Waals surface area contributed by atoms with Crippen molar-refractivity contribution in [3.63, 3.8) is 0 Å². The number of hydrogen-bond donors (Lipinski definition) is 2. The molecule has 0 spiro atoms. The molecule has 0 aliphatic rings. The first kappa shape index (κ1) is 18.0. The highest BCUT2D eigenvalue weighted by Gasteiger charge is 2.19. The summed E-state index contributed by atoms with van der Waals surface area (Å²) >= 11 is 0. The quantitative estimate of drug-likeness (QED) is 0.837. The maximum Gasteiger partial charge on any atom is 0.265 e. The van der Waals surface area contributed by atoms with Gasteiger partial charge in [-0.3, -0.25) is 4.79 Å². The van der Waals surface area contributed by atoms with E-state index in [1.165, 1.54) is 24.3 Å². The number of ether oxygens (including phenoxy) is 1. The number of carbonyl (C=O) groups excluding carboxylic acids is 1. The Labute approximate surface area is 141 Å². The molecule has 2 aromatic rings. The maximum atomic E-state index is 12.3. The van der Waals surface area contributed by atoms with E-state index >= 15 is 0 Å². The predicted octanol–water partition coefficient (Wildman–Crippen LogP) is 2.44. The number of benzene rings is 2. The second kappa shape index (κ2) is 7.46. The number of sulfonamides is 1. The minimum atomic E-state index is -3.75. The zero-order chi connectivity index (χ0) is 17.7. The van der Waals surface area contributed by atoms with Gasteiger partial charge in [0, 0.05) is 5.69 Å². The average molecular weight is 348 g/mol. The van der Waals surface area contributed by atoms with Crippen LogP contribution in [-0.2, 0) is 14.8 Å². The van der Waals surface area contributed by atoms with Gasteiger partial charge >= 0.3 is 0 Å². The number of carbonyl (C=O) groups is 1. The Bertz CT molecular complexity index is 817. The fourth-order valence-corrected chi connectivity index (χ4v) is 2.64. The fourth-order valence-electron chi connectivity index (χ4n) is 2.13. The van der Waals surface area contributed by atoms with E-state index in [4.69, 9.17) is 9.88 Å². The topological polar surface area (TPSA) is 98.5 Å². The molecule has 0 heterocycles. The van der Waals surface area contributed by atoms with E-state index in [0.717, 1.165) is 5.56 Å². The van der Waals surface area contributed by atoms with E-state index in [1.807, 2.05) is 32.0 Å². The smallest absolute Gasteiger partial charge is 0.265 e. The SMILES string of the molecule is CC[C@H](Oc1cccc(C)c1)C(=O)Nc1ccc(S(N)(=O)=O)cc1. The number of primary sulfonamides is 1. The Morgan fingerprint density at radius 2 is 1.88 bits per heavy atom. The first-order valence-electron chi connectivity index (χ1n) is 7.46. The van der Waals surface area contributed by atoms with Crippen molar-refractivity contribution < 1.29 is 17.9 Å². The Hall–Kier alpha value is -2.38. The van der Waals surface area contributed by atoms with Crippen LogP contribution in [0.2, 0.25) is 0 Å². The van der Waals surface area contributed by atoms with Gasteiger partial charge in [-0.05, 0) is 55.3 Å². The largest absolute Gasteiger partial charge is 0.481 e. The molecular formula is C17H20N2O4S. The third-order valence-electron chi connectivity index (χ3n) is 3.38. The number of nitrogens with one attached hydrogen (secondary N) is 1. The van der Waals surface area contributed by atoms with Crippen molar-refractivity contribution in [2.45, 2.75) is 31.3 Å². The van der Waals surface area contributed by atoms with Crippen molar-refractivity contribution in [3.8, 4) is 5.75 Å². The van der Waals surface area contributed by atoms with Gasteiger partial charge in [-0.15, -0.1) is 0 Å². The monoisotopic (exact) mass is 348 g/mol. The lowest BCUT2D eigenvalue weighted by molar-refractivity contribution is -0.122. The molecule has 1 amide bonds. The van der Waals surface area contributed by atoms with Gasteiger partial charge in [0.05, 0.1) is 4.90 Å². The molecule has 0 saturated heterocycles. The molecule has 24 heavy (non-hydrogen) atoms. The van der Waals surface area contributed by atoms with Crippen LogP contribution in [0.1, 0.15) is 18.9 Å². The lowest BCUT2D eigenvalue weighted by Crippen LogP contribution is -2.32. The summed E-state index contributed by atoms with van der Waals surface area (Å²) in [4.78, 5) is 12.3. The van der Waals surface area contributed by atoms with Gasteiger partial charge in [0.15, 0.2) is 6.10 Å². The van der Waals surface area contributed by atoms with E-state index in [2.05, 4.69) is 5.32 Å². The summed E-state index contributed by atoms with van der Waals surface area (Å²) in [7, 11) is -3.75. The maximum absolute atomic E-state index is 12.3. The van der Waals surface area contributed by atoms with E-state index in [0.29, 0.717) is 17.9 Å². The summed E-state index contributed by atoms with van der Waals surface area (Å²) in [6.45, 7) is 3.80. The van der Waals surface area contributed by atoms with Gasteiger partial charge < -0.3 is 10.1 Å². The van der Waals surface area contributed by atoms with Gasteiger partial charge in [-0.1, -0.05) is 19.1 Å². The van der Waals surface area contributed by atoms with Gasteiger partial charge in [0.1, 0.15) is 5.75 Å². The lowest BCUT2D eigenvalue weighted by atomic mass is 10.2. The molecule has 6 nitrogen and oxygen atoms in total. The van der Waals surface area contributed by atoms with Crippen LogP contribution in [0.4, 0.5) is 5.69 Å². The number of rotatable bonds is 6. The zero-order valence-corrected chi connectivity index (χ0v) is 14.3. The van der Waals surface area contributed by atoms with Crippen molar-refractivity contribution in [3.05, 3.63) is 54.1 Å². The third-order valence-corrected chi connectivity index (χ3v) is 4.31. The molecule has 2 rings (SSSR count). The molecule has 0 saturated carbocycles. The second-order valence-electron chi connectivity index (χ2n) is 5.39. The average Bonchev–Trinajstić information content (AvgIpc) is 2.52. The first-order chi connectivity index (χ1) is 11.3. The highest BCUT2D eigenvalue weighted by atomic mass is 32.2. The number of hydrogen-bond acceptors (Lipinski definition) is 4. The van der Waals surface area contributed by atoms with E-state index in [-0.39, 0.29) is 10.8 Å². The summed E-state index contributed by atoms with van der Waals surface area (Å²) in [5.74, 6) is 0.323. The van der Waals surface area contributed by atoms with Gasteiger partial charge in [-0.2, -0.15) is 0 Å². The van der Waals surface area contributed by atoms with Crippen molar-refractivity contribution >= 4 is 21.6 Å². The molecule has 0 aromatic heterocycles. The van der Waals surface area contributed by atoms with Gasteiger partial charge in [-0.25, -0.2) is 13.6 Å².